The molecule has 1 saturated carbocycles. The van der Waals surface area contributed by atoms with E-state index in [0.29, 0.717) is 11.5 Å². The number of carbonyl (C=O) groups excluding carboxylic acids is 2. The summed E-state index contributed by atoms with van der Waals surface area (Å²) in [5.74, 6) is -2.46. The summed E-state index contributed by atoms with van der Waals surface area (Å²) in [6, 6.07) is 4.37. The molecule has 0 radical (unpaired) electrons. The summed E-state index contributed by atoms with van der Waals surface area (Å²) in [6.07, 6.45) is 2.68. The summed E-state index contributed by atoms with van der Waals surface area (Å²) in [4.78, 5) is 24.1. The number of sulfone groups is 1. The second-order valence-corrected chi connectivity index (χ2v) is 9.21. The third-order valence-corrected chi connectivity index (χ3v) is 6.59. The van der Waals surface area contributed by atoms with Gasteiger partial charge in [-0.3, -0.25) is 4.79 Å². The highest BCUT2D eigenvalue weighted by Crippen LogP contribution is 2.31. The van der Waals surface area contributed by atoms with Gasteiger partial charge in [0.1, 0.15) is 12.4 Å². The molecule has 0 atom stereocenters. The zero-order chi connectivity index (χ0) is 20.5. The lowest BCUT2D eigenvalue weighted by Gasteiger charge is -2.10. The minimum atomic E-state index is -3.73. The SMILES string of the molecule is COC(=O)c1c(OCc2cccc(C(=O)NC3CC3)c2F)nsc1S(C)(=O)=O. The summed E-state index contributed by atoms with van der Waals surface area (Å²) in [7, 11) is -2.64. The van der Waals surface area contributed by atoms with Crippen LogP contribution in [0.1, 0.15) is 39.1 Å². The van der Waals surface area contributed by atoms with E-state index in [9.17, 15) is 22.4 Å². The van der Waals surface area contributed by atoms with E-state index >= 15 is 0 Å². The minimum absolute atomic E-state index is 0.0631. The van der Waals surface area contributed by atoms with Crippen LogP contribution >= 0.6 is 11.5 Å². The number of rotatable bonds is 7. The standard InChI is InChI=1S/C17H17FN2O6S2/c1-25-16(22)12-15(20-27-17(12)28(2,23)24)26-8-9-4-3-5-11(13(9)18)14(21)19-10-6-7-10/h3-5,10H,6-8H2,1-2H3,(H,19,21). The van der Waals surface area contributed by atoms with Crippen molar-refractivity contribution in [3.63, 3.8) is 0 Å². The van der Waals surface area contributed by atoms with Crippen LogP contribution in [-0.4, -0.2) is 44.1 Å². The van der Waals surface area contributed by atoms with Gasteiger partial charge in [-0.05, 0) is 30.4 Å². The Morgan fingerprint density at radius 1 is 1.36 bits per heavy atom. The van der Waals surface area contributed by atoms with Crippen molar-refractivity contribution in [2.45, 2.75) is 29.7 Å². The summed E-state index contributed by atoms with van der Waals surface area (Å²) >= 11 is 0.566. The largest absolute Gasteiger partial charge is 0.471 e. The highest BCUT2D eigenvalue weighted by molar-refractivity contribution is 7.92. The highest BCUT2D eigenvalue weighted by atomic mass is 32.2. The number of carbonyl (C=O) groups is 2. The van der Waals surface area contributed by atoms with Crippen molar-refractivity contribution in [3.8, 4) is 5.88 Å². The van der Waals surface area contributed by atoms with E-state index in [1.54, 1.807) is 0 Å². The van der Waals surface area contributed by atoms with Crippen molar-refractivity contribution < 1.29 is 31.9 Å². The Kier molecular flexibility index (Phi) is 5.66. The maximum absolute atomic E-state index is 14.7. The molecule has 2 aromatic rings. The van der Waals surface area contributed by atoms with Crippen molar-refractivity contribution in [2.75, 3.05) is 13.4 Å². The topological polar surface area (TPSA) is 112 Å². The molecule has 0 spiro atoms. The monoisotopic (exact) mass is 428 g/mol. The molecule has 8 nitrogen and oxygen atoms in total. The van der Waals surface area contributed by atoms with Gasteiger partial charge in [0.05, 0.1) is 12.7 Å². The molecule has 1 fully saturated rings. The predicted molar refractivity (Wildman–Crippen MR) is 97.8 cm³/mol. The van der Waals surface area contributed by atoms with E-state index in [4.69, 9.17) is 4.74 Å². The number of esters is 1. The number of benzene rings is 1. The molecule has 28 heavy (non-hydrogen) atoms. The number of aromatic nitrogens is 1. The first-order valence-corrected chi connectivity index (χ1v) is 10.9. The van der Waals surface area contributed by atoms with Crippen LogP contribution in [0.5, 0.6) is 5.88 Å². The molecule has 1 heterocycles. The smallest absolute Gasteiger partial charge is 0.345 e. The molecule has 11 heteroatoms. The molecule has 1 aliphatic rings. The van der Waals surface area contributed by atoms with Gasteiger partial charge in [-0.1, -0.05) is 12.1 Å². The average Bonchev–Trinajstić information content (AvgIpc) is 3.34. The molecule has 0 aliphatic heterocycles. The maximum atomic E-state index is 14.7. The van der Waals surface area contributed by atoms with Gasteiger partial charge in [-0.15, -0.1) is 0 Å². The first kappa shape index (κ1) is 20.2. The number of ether oxygens (including phenoxy) is 2. The number of methoxy groups -OCH3 is 1. The fraction of sp³-hybridized carbons (Fsp3) is 0.353. The second kappa shape index (κ2) is 7.84. The molecule has 0 bridgehead atoms. The fourth-order valence-corrected chi connectivity index (χ4v) is 4.16. The number of hydrogen-bond donors (Lipinski definition) is 1. The van der Waals surface area contributed by atoms with Crippen molar-refractivity contribution in [1.29, 1.82) is 0 Å². The van der Waals surface area contributed by atoms with Gasteiger partial charge in [0.15, 0.2) is 19.6 Å². The number of nitrogens with zero attached hydrogens (tertiary/aromatic N) is 1. The number of hydrogen-bond acceptors (Lipinski definition) is 8. The Bertz CT molecular complexity index is 1030. The van der Waals surface area contributed by atoms with Gasteiger partial charge in [-0.2, -0.15) is 4.37 Å². The highest BCUT2D eigenvalue weighted by Gasteiger charge is 2.29. The molecule has 3 rings (SSSR count). The van der Waals surface area contributed by atoms with E-state index in [2.05, 4.69) is 14.4 Å². The summed E-state index contributed by atoms with van der Waals surface area (Å²) in [6.45, 7) is -0.354. The third-order valence-electron chi connectivity index (χ3n) is 3.96. The molecule has 1 aromatic carbocycles. The normalized spacial score (nSPS) is 13.8. The lowest BCUT2D eigenvalue weighted by atomic mass is 10.1. The quantitative estimate of drug-likeness (QED) is 0.671. The van der Waals surface area contributed by atoms with Crippen LogP contribution in [0.3, 0.4) is 0 Å². The molecule has 1 aromatic heterocycles. The van der Waals surface area contributed by atoms with Gasteiger partial charge in [0.2, 0.25) is 5.88 Å². The Labute approximate surface area is 164 Å². The predicted octanol–water partition coefficient (Wildman–Crippen LogP) is 1.94. The first-order chi connectivity index (χ1) is 13.2. The lowest BCUT2D eigenvalue weighted by molar-refractivity contribution is 0.0591. The Morgan fingerprint density at radius 2 is 2.07 bits per heavy atom. The van der Waals surface area contributed by atoms with Crippen LogP contribution in [0, 0.1) is 5.82 Å². The van der Waals surface area contributed by atoms with Gasteiger partial charge in [0.25, 0.3) is 5.91 Å². The second-order valence-electron chi connectivity index (χ2n) is 6.23. The summed E-state index contributed by atoms with van der Waals surface area (Å²) < 4.78 is 51.9. The summed E-state index contributed by atoms with van der Waals surface area (Å²) in [5, 5.41) is 2.71. The number of nitrogens with one attached hydrogen (secondary N) is 1. The van der Waals surface area contributed by atoms with Crippen molar-refractivity contribution in [3.05, 3.63) is 40.7 Å². The van der Waals surface area contributed by atoms with Gasteiger partial charge in [-0.25, -0.2) is 17.6 Å². The van der Waals surface area contributed by atoms with Crippen LogP contribution in [0.4, 0.5) is 4.39 Å². The molecule has 1 amide bonds. The molecule has 150 valence electrons. The van der Waals surface area contributed by atoms with Crippen molar-refractivity contribution >= 4 is 33.2 Å². The maximum Gasteiger partial charge on any atom is 0.345 e. The Balaban J connectivity index is 1.84. The Hall–Kier alpha value is -2.53. The van der Waals surface area contributed by atoms with Crippen molar-refractivity contribution in [2.24, 2.45) is 0 Å². The molecular formula is C17H17FN2O6S2. The minimum Gasteiger partial charge on any atom is -0.471 e. The van der Waals surface area contributed by atoms with Crippen molar-refractivity contribution in [1.82, 2.24) is 9.69 Å². The van der Waals surface area contributed by atoms with Gasteiger partial charge >= 0.3 is 5.97 Å². The lowest BCUT2D eigenvalue weighted by Crippen LogP contribution is -2.26. The number of halogens is 1. The number of amides is 1. The molecule has 1 N–H and O–H groups in total. The van der Waals surface area contributed by atoms with Gasteiger partial charge < -0.3 is 14.8 Å². The Morgan fingerprint density at radius 3 is 2.68 bits per heavy atom. The summed E-state index contributed by atoms with van der Waals surface area (Å²) in [5.41, 5.74) is -0.387. The van der Waals surface area contributed by atoms with Gasteiger partial charge in [0, 0.05) is 17.9 Å². The fourth-order valence-electron chi connectivity index (χ4n) is 2.39. The van der Waals surface area contributed by atoms with Crippen LogP contribution in [-0.2, 0) is 21.2 Å². The zero-order valence-corrected chi connectivity index (χ0v) is 16.7. The van der Waals surface area contributed by atoms with E-state index < -0.39 is 27.5 Å². The van der Waals surface area contributed by atoms with E-state index in [1.807, 2.05) is 0 Å². The van der Waals surface area contributed by atoms with Crippen LogP contribution in [0.15, 0.2) is 22.4 Å². The molecular weight excluding hydrogens is 411 g/mol. The first-order valence-electron chi connectivity index (χ1n) is 8.21. The van der Waals surface area contributed by atoms with E-state index in [0.717, 1.165) is 26.2 Å². The molecule has 0 unspecified atom stereocenters. The molecule has 1 aliphatic carbocycles. The van der Waals surface area contributed by atoms with Crippen LogP contribution in [0.2, 0.25) is 0 Å². The zero-order valence-electron chi connectivity index (χ0n) is 15.0. The van der Waals surface area contributed by atoms with E-state index in [1.165, 1.54) is 18.2 Å². The average molecular weight is 428 g/mol. The van der Waals surface area contributed by atoms with E-state index in [-0.39, 0.29) is 39.4 Å². The van der Waals surface area contributed by atoms with Crippen LogP contribution in [0.25, 0.3) is 0 Å². The molecule has 0 saturated heterocycles. The third kappa shape index (κ3) is 4.30. The van der Waals surface area contributed by atoms with Crippen LogP contribution < -0.4 is 10.1 Å².